The van der Waals surface area contributed by atoms with Gasteiger partial charge in [-0.25, -0.2) is 4.79 Å². The molecule has 25 nitrogen and oxygen atoms in total. The van der Waals surface area contributed by atoms with Crippen molar-refractivity contribution in [3.8, 4) is 0 Å². The highest BCUT2D eigenvalue weighted by molar-refractivity contribution is 7.80. The number of aliphatic carboxylic acids is 3. The van der Waals surface area contributed by atoms with E-state index in [2.05, 4.69) is 60.5 Å². The zero-order chi connectivity index (χ0) is 56.6. The van der Waals surface area contributed by atoms with Gasteiger partial charge in [0.1, 0.15) is 48.3 Å². The van der Waals surface area contributed by atoms with Crippen LogP contribution in [0.3, 0.4) is 0 Å². The summed E-state index contributed by atoms with van der Waals surface area (Å²) in [7, 11) is 0. The van der Waals surface area contributed by atoms with Crippen LogP contribution < -0.4 is 53.6 Å². The lowest BCUT2D eigenvalue weighted by Crippen LogP contribution is -2.60. The Labute approximate surface area is 432 Å². The first-order chi connectivity index (χ1) is 33.7. The fraction of sp³-hybridized carbons (Fsp3) is 0.745. The molecule has 0 saturated carbocycles. The molecule has 0 aliphatic carbocycles. The molecular weight excluding hydrogens is 977 g/mol. The van der Waals surface area contributed by atoms with Crippen LogP contribution in [0.4, 0.5) is 0 Å². The molecule has 0 spiro atoms. The van der Waals surface area contributed by atoms with Gasteiger partial charge in [0.15, 0.2) is 0 Å². The van der Waals surface area contributed by atoms with E-state index in [0.717, 1.165) is 0 Å². The monoisotopic (exact) mass is 1060 g/mol. The van der Waals surface area contributed by atoms with Crippen molar-refractivity contribution >= 4 is 83.7 Å². The third-order valence-corrected chi connectivity index (χ3v) is 11.2. The summed E-state index contributed by atoms with van der Waals surface area (Å²) < 4.78 is 0. The van der Waals surface area contributed by atoms with Crippen molar-refractivity contribution in [3.63, 3.8) is 0 Å². The Morgan fingerprint density at radius 3 is 1.03 bits per heavy atom. The van der Waals surface area contributed by atoms with Crippen LogP contribution in [0.5, 0.6) is 0 Å². The highest BCUT2D eigenvalue weighted by Gasteiger charge is 2.36. The minimum Gasteiger partial charge on any atom is -0.481 e. The zero-order valence-electron chi connectivity index (χ0n) is 44.1. The standard InChI is InChI=1S/C47H82N10O15S/c1-21(2)13-28(41(65)52-32(18-36(61)62)44(68)57-38(26(11)12)46(70)54-30(15-23(5)6)43(67)55-33(47(71)72)16-24(7)8)50-34(58)19-49-40(64)31(17-35(59)60)51-42(66)29(14-22(3)4)53-45(69)37(25(9)10)56-39(63)27(48)20-73/h21-33,37-38,73H,13-20,48H2,1-12H3,(H,49,64)(H,50,58)(H,51,66)(H,52,65)(H,53,69)(H,54,70)(H,55,67)(H,56,63)(H,57,68)(H,59,60)(H,61,62)(H,71,72)/t27-,28-,29-,30-,31-,32-,33-,37-,38-/m0/s1. The number of amides is 9. The third kappa shape index (κ3) is 26.5. The molecule has 0 radical (unpaired) electrons. The molecule has 0 aliphatic heterocycles. The molecular formula is C47H82N10O15S. The summed E-state index contributed by atoms with van der Waals surface area (Å²) in [5, 5.41) is 50.8. The predicted octanol–water partition coefficient (Wildman–Crippen LogP) is -1.23. The number of carboxylic acid groups (broad SMARTS) is 3. The smallest absolute Gasteiger partial charge is 0.326 e. The molecule has 0 bridgehead atoms. The maximum absolute atomic E-state index is 13.7. The minimum atomic E-state index is -1.82. The normalized spacial score (nSPS) is 15.1. The summed E-state index contributed by atoms with van der Waals surface area (Å²) >= 11 is 4.00. The summed E-state index contributed by atoms with van der Waals surface area (Å²) in [6, 6.07) is -12.4. The molecule has 0 unspecified atom stereocenters. The largest absolute Gasteiger partial charge is 0.481 e. The van der Waals surface area contributed by atoms with Gasteiger partial charge < -0.3 is 68.9 Å². The van der Waals surface area contributed by atoms with Gasteiger partial charge in [0, 0.05) is 5.75 Å². The van der Waals surface area contributed by atoms with Gasteiger partial charge in [-0.15, -0.1) is 0 Å². The van der Waals surface area contributed by atoms with E-state index < -0.39 is 157 Å². The number of nitrogens with one attached hydrogen (secondary N) is 9. The Hall–Kier alpha value is -6.05. The van der Waals surface area contributed by atoms with Crippen LogP contribution in [0.2, 0.25) is 0 Å². The van der Waals surface area contributed by atoms with Crippen LogP contribution in [0, 0.1) is 35.5 Å². The van der Waals surface area contributed by atoms with Crippen molar-refractivity contribution in [2.75, 3.05) is 12.3 Å². The quantitative estimate of drug-likeness (QED) is 0.0336. The number of rotatable bonds is 34. The van der Waals surface area contributed by atoms with Crippen molar-refractivity contribution in [3.05, 3.63) is 0 Å². The molecule has 0 heterocycles. The van der Waals surface area contributed by atoms with Crippen molar-refractivity contribution in [1.29, 1.82) is 0 Å². The van der Waals surface area contributed by atoms with E-state index in [9.17, 15) is 72.9 Å². The lowest BCUT2D eigenvalue weighted by Gasteiger charge is -2.29. The fourth-order valence-corrected chi connectivity index (χ4v) is 7.28. The number of carboxylic acids is 3. The molecule has 0 rings (SSSR count). The maximum atomic E-state index is 13.7. The van der Waals surface area contributed by atoms with Gasteiger partial charge in [0.2, 0.25) is 53.2 Å². The molecule has 0 aromatic rings. The molecule has 73 heavy (non-hydrogen) atoms. The van der Waals surface area contributed by atoms with Crippen molar-refractivity contribution in [1.82, 2.24) is 47.9 Å². The SMILES string of the molecule is CC(C)C[C@H](NC(=O)[C@H](CC(C)C)NC(=O)[C@@H](NC(=O)[C@H](CC(=O)O)NC(=O)[C@H](CC(C)C)NC(=O)CNC(=O)[C@H](CC(=O)O)NC(=O)[C@H](CC(C)C)NC(=O)[C@@H](NC(=O)[C@@H](N)CS)C(C)C)C(C)C)C(=O)O. The van der Waals surface area contributed by atoms with Crippen LogP contribution in [-0.2, 0) is 57.5 Å². The lowest BCUT2D eigenvalue weighted by atomic mass is 9.98. The highest BCUT2D eigenvalue weighted by atomic mass is 32.1. The summed E-state index contributed by atoms with van der Waals surface area (Å²) in [6.45, 7) is 19.5. The molecule has 416 valence electrons. The molecule has 26 heteroatoms. The number of thiol groups is 1. The predicted molar refractivity (Wildman–Crippen MR) is 270 cm³/mol. The third-order valence-electron chi connectivity index (χ3n) is 10.8. The number of carbonyl (C=O) groups is 12. The molecule has 0 saturated heterocycles. The molecule has 0 aromatic carbocycles. The van der Waals surface area contributed by atoms with Gasteiger partial charge in [-0.05, 0) is 61.2 Å². The van der Waals surface area contributed by atoms with Crippen molar-refractivity contribution in [2.45, 2.75) is 176 Å². The van der Waals surface area contributed by atoms with Crippen molar-refractivity contribution in [2.24, 2.45) is 41.2 Å². The molecule has 0 aromatic heterocycles. The first kappa shape index (κ1) is 67.0. The summed E-state index contributed by atoms with van der Waals surface area (Å²) in [4.78, 5) is 156. The second kappa shape index (κ2) is 32.9. The average molecular weight is 1060 g/mol. The number of nitrogens with two attached hydrogens (primary N) is 1. The first-order valence-electron chi connectivity index (χ1n) is 24.4. The van der Waals surface area contributed by atoms with Gasteiger partial charge >= 0.3 is 17.9 Å². The number of hydrogen-bond donors (Lipinski definition) is 14. The van der Waals surface area contributed by atoms with Crippen LogP contribution >= 0.6 is 12.6 Å². The number of carbonyl (C=O) groups excluding carboxylic acids is 9. The van der Waals surface area contributed by atoms with E-state index in [-0.39, 0.29) is 55.1 Å². The Kier molecular flexibility index (Phi) is 30.2. The van der Waals surface area contributed by atoms with Crippen molar-refractivity contribution < 1.29 is 72.9 Å². The highest BCUT2D eigenvalue weighted by Crippen LogP contribution is 2.13. The zero-order valence-corrected chi connectivity index (χ0v) is 45.0. The Morgan fingerprint density at radius 1 is 0.397 bits per heavy atom. The fourth-order valence-electron chi connectivity index (χ4n) is 7.11. The van der Waals surface area contributed by atoms with E-state index in [1.54, 1.807) is 83.1 Å². The first-order valence-corrected chi connectivity index (χ1v) is 25.1. The van der Waals surface area contributed by atoms with E-state index in [1.807, 2.05) is 0 Å². The Balaban J connectivity index is 6.29. The Morgan fingerprint density at radius 2 is 0.699 bits per heavy atom. The lowest BCUT2D eigenvalue weighted by molar-refractivity contribution is -0.143. The van der Waals surface area contributed by atoms with E-state index in [4.69, 9.17) is 5.73 Å². The second-order valence-electron chi connectivity index (χ2n) is 20.4. The molecule has 0 fully saturated rings. The molecule has 9 amide bonds. The van der Waals surface area contributed by atoms with Gasteiger partial charge in [-0.2, -0.15) is 12.6 Å². The van der Waals surface area contributed by atoms with E-state index in [0.29, 0.717) is 0 Å². The molecule has 14 N–H and O–H groups in total. The van der Waals surface area contributed by atoms with E-state index in [1.165, 1.54) is 0 Å². The van der Waals surface area contributed by atoms with Crippen LogP contribution in [0.1, 0.15) is 122 Å². The Bertz CT molecular complexity index is 1930. The second-order valence-corrected chi connectivity index (χ2v) is 20.8. The number of hydrogen-bond acceptors (Lipinski definition) is 14. The molecule has 0 aliphatic rings. The van der Waals surface area contributed by atoms with Crippen LogP contribution in [0.25, 0.3) is 0 Å². The average Bonchev–Trinajstić information content (AvgIpc) is 3.25. The molecule has 9 atom stereocenters. The van der Waals surface area contributed by atoms with Crippen LogP contribution in [0.15, 0.2) is 0 Å². The van der Waals surface area contributed by atoms with Gasteiger partial charge in [-0.3, -0.25) is 52.7 Å². The van der Waals surface area contributed by atoms with Gasteiger partial charge in [-0.1, -0.05) is 83.1 Å². The van der Waals surface area contributed by atoms with Gasteiger partial charge in [0.05, 0.1) is 25.4 Å². The van der Waals surface area contributed by atoms with Crippen LogP contribution in [-0.4, -0.2) is 153 Å². The van der Waals surface area contributed by atoms with E-state index >= 15 is 0 Å². The maximum Gasteiger partial charge on any atom is 0.326 e. The topological polar surface area (TPSA) is 400 Å². The van der Waals surface area contributed by atoms with Gasteiger partial charge in [0.25, 0.3) is 0 Å². The summed E-state index contributed by atoms with van der Waals surface area (Å²) in [5.74, 6) is -14.5. The summed E-state index contributed by atoms with van der Waals surface area (Å²) in [6.07, 6.45) is -1.79. The minimum absolute atomic E-state index is 0.0100. The summed E-state index contributed by atoms with van der Waals surface area (Å²) in [5.41, 5.74) is 5.75.